The van der Waals surface area contributed by atoms with E-state index in [1.807, 2.05) is 18.2 Å². The molecule has 0 atom stereocenters. The zero-order valence-corrected chi connectivity index (χ0v) is 10.9. The molecule has 0 aliphatic carbocycles. The first kappa shape index (κ1) is 13.4. The smallest absolute Gasteiger partial charge is 0.329 e. The molecule has 0 unspecified atom stereocenters. The van der Waals surface area contributed by atoms with Crippen molar-refractivity contribution in [1.29, 1.82) is 0 Å². The Hall–Kier alpha value is -2.08. The van der Waals surface area contributed by atoms with Crippen molar-refractivity contribution in [3.63, 3.8) is 0 Å². The lowest BCUT2D eigenvalue weighted by atomic mass is 10.1. The van der Waals surface area contributed by atoms with Gasteiger partial charge in [0.05, 0.1) is 17.6 Å². The molecule has 1 N–H and O–H groups in total. The maximum Gasteiger partial charge on any atom is 0.329 e. The van der Waals surface area contributed by atoms with Crippen molar-refractivity contribution in [3.8, 4) is 0 Å². The Bertz CT molecular complexity index is 669. The average Bonchev–Trinajstić information content (AvgIpc) is 2.60. The van der Waals surface area contributed by atoms with Crippen LogP contribution in [0.1, 0.15) is 5.56 Å². The SMILES string of the molecule is Cn1c(=O)n(C)c2cc(CCOCC(=O)O)ccc21. The summed E-state index contributed by atoms with van der Waals surface area (Å²) >= 11 is 0. The Morgan fingerprint density at radius 3 is 2.63 bits per heavy atom. The number of aryl methyl sites for hydroxylation is 2. The summed E-state index contributed by atoms with van der Waals surface area (Å²) in [4.78, 5) is 22.1. The van der Waals surface area contributed by atoms with E-state index in [-0.39, 0.29) is 12.3 Å². The number of fused-ring (bicyclic) bond motifs is 1. The van der Waals surface area contributed by atoms with Gasteiger partial charge in [0, 0.05) is 14.1 Å². The van der Waals surface area contributed by atoms with Crippen LogP contribution in [0.3, 0.4) is 0 Å². The van der Waals surface area contributed by atoms with E-state index in [9.17, 15) is 9.59 Å². The highest BCUT2D eigenvalue weighted by atomic mass is 16.5. The normalized spacial score (nSPS) is 11.1. The second-order valence-corrected chi connectivity index (χ2v) is 4.42. The molecule has 0 saturated heterocycles. The molecule has 6 heteroatoms. The number of hydrogen-bond donors (Lipinski definition) is 1. The number of carboxylic acid groups (broad SMARTS) is 1. The average molecular weight is 264 g/mol. The van der Waals surface area contributed by atoms with E-state index < -0.39 is 5.97 Å². The molecule has 0 fully saturated rings. The first-order valence-electron chi connectivity index (χ1n) is 5.94. The van der Waals surface area contributed by atoms with E-state index >= 15 is 0 Å². The highest BCUT2D eigenvalue weighted by Crippen LogP contribution is 2.14. The van der Waals surface area contributed by atoms with Gasteiger partial charge in [0.1, 0.15) is 6.61 Å². The van der Waals surface area contributed by atoms with E-state index in [1.165, 1.54) is 0 Å². The van der Waals surface area contributed by atoms with E-state index in [2.05, 4.69) is 0 Å². The summed E-state index contributed by atoms with van der Waals surface area (Å²) in [6.45, 7) is 0.0602. The van der Waals surface area contributed by atoms with Crippen molar-refractivity contribution >= 4 is 17.0 Å². The molecule has 0 aliphatic heterocycles. The Balaban J connectivity index is 2.16. The van der Waals surface area contributed by atoms with Gasteiger partial charge in [-0.15, -0.1) is 0 Å². The standard InChI is InChI=1S/C13H16N2O4/c1-14-10-4-3-9(5-6-19-8-12(16)17)7-11(10)15(2)13(14)18/h3-4,7H,5-6,8H2,1-2H3,(H,16,17). The number of benzene rings is 1. The molecule has 2 aromatic rings. The van der Waals surface area contributed by atoms with Crippen LogP contribution >= 0.6 is 0 Å². The highest BCUT2D eigenvalue weighted by Gasteiger charge is 2.08. The van der Waals surface area contributed by atoms with Gasteiger partial charge in [-0.25, -0.2) is 9.59 Å². The van der Waals surface area contributed by atoms with Crippen LogP contribution in [0.4, 0.5) is 0 Å². The number of aliphatic carboxylic acids is 1. The van der Waals surface area contributed by atoms with Gasteiger partial charge in [0.25, 0.3) is 0 Å². The fourth-order valence-electron chi connectivity index (χ4n) is 2.06. The maximum atomic E-state index is 11.8. The minimum atomic E-state index is -0.971. The third-order valence-electron chi connectivity index (χ3n) is 3.10. The van der Waals surface area contributed by atoms with Crippen LogP contribution in [0.5, 0.6) is 0 Å². The number of rotatable bonds is 5. The van der Waals surface area contributed by atoms with E-state index in [1.54, 1.807) is 23.2 Å². The maximum absolute atomic E-state index is 11.8. The van der Waals surface area contributed by atoms with Gasteiger partial charge in [-0.3, -0.25) is 9.13 Å². The lowest BCUT2D eigenvalue weighted by Gasteiger charge is -2.03. The first-order valence-corrected chi connectivity index (χ1v) is 5.94. The molecule has 0 aliphatic rings. The minimum absolute atomic E-state index is 0.0609. The highest BCUT2D eigenvalue weighted by molar-refractivity contribution is 5.76. The van der Waals surface area contributed by atoms with E-state index in [0.717, 1.165) is 16.6 Å². The molecule has 0 radical (unpaired) electrons. The molecule has 1 aromatic heterocycles. The van der Waals surface area contributed by atoms with Gasteiger partial charge < -0.3 is 9.84 Å². The lowest BCUT2D eigenvalue weighted by molar-refractivity contribution is -0.142. The Morgan fingerprint density at radius 1 is 1.26 bits per heavy atom. The molecule has 0 saturated carbocycles. The third kappa shape index (κ3) is 2.68. The van der Waals surface area contributed by atoms with Gasteiger partial charge in [-0.1, -0.05) is 6.07 Å². The Morgan fingerprint density at radius 2 is 1.95 bits per heavy atom. The minimum Gasteiger partial charge on any atom is -0.480 e. The summed E-state index contributed by atoms with van der Waals surface area (Å²) in [5.74, 6) is -0.971. The van der Waals surface area contributed by atoms with Crippen LogP contribution in [0, 0.1) is 0 Å². The van der Waals surface area contributed by atoms with Crippen LogP contribution in [0.15, 0.2) is 23.0 Å². The summed E-state index contributed by atoms with van der Waals surface area (Å²) in [5.41, 5.74) is 2.69. The topological polar surface area (TPSA) is 73.5 Å². The largest absolute Gasteiger partial charge is 0.480 e. The van der Waals surface area contributed by atoms with Gasteiger partial charge in [-0.2, -0.15) is 0 Å². The van der Waals surface area contributed by atoms with Crippen LogP contribution in [-0.2, 0) is 30.0 Å². The fraction of sp³-hybridized carbons (Fsp3) is 0.385. The zero-order valence-electron chi connectivity index (χ0n) is 10.9. The molecule has 0 amide bonds. The quantitative estimate of drug-likeness (QED) is 0.799. The summed E-state index contributed by atoms with van der Waals surface area (Å²) < 4.78 is 8.19. The van der Waals surface area contributed by atoms with Crippen molar-refractivity contribution in [3.05, 3.63) is 34.2 Å². The number of aromatic nitrogens is 2. The summed E-state index contributed by atoms with van der Waals surface area (Å²) in [6.07, 6.45) is 0.617. The van der Waals surface area contributed by atoms with Crippen molar-refractivity contribution < 1.29 is 14.6 Å². The second kappa shape index (κ2) is 5.27. The van der Waals surface area contributed by atoms with Crippen molar-refractivity contribution in [2.75, 3.05) is 13.2 Å². The molecule has 19 heavy (non-hydrogen) atoms. The van der Waals surface area contributed by atoms with Crippen LogP contribution < -0.4 is 5.69 Å². The van der Waals surface area contributed by atoms with E-state index in [4.69, 9.17) is 9.84 Å². The Labute approximate surface area is 109 Å². The number of carboxylic acids is 1. The van der Waals surface area contributed by atoms with Gasteiger partial charge in [-0.05, 0) is 24.1 Å². The summed E-state index contributed by atoms with van der Waals surface area (Å²) in [6, 6.07) is 5.75. The molecule has 1 heterocycles. The number of hydrogen-bond acceptors (Lipinski definition) is 3. The fourth-order valence-corrected chi connectivity index (χ4v) is 2.06. The van der Waals surface area contributed by atoms with Crippen molar-refractivity contribution in [1.82, 2.24) is 9.13 Å². The Kier molecular flexibility index (Phi) is 3.71. The van der Waals surface area contributed by atoms with Crippen LogP contribution in [0.2, 0.25) is 0 Å². The second-order valence-electron chi connectivity index (χ2n) is 4.42. The number of carbonyl (C=O) groups is 1. The van der Waals surface area contributed by atoms with Crippen molar-refractivity contribution in [2.45, 2.75) is 6.42 Å². The molecule has 2 rings (SSSR count). The predicted octanol–water partition coefficient (Wildman–Crippen LogP) is 0.521. The summed E-state index contributed by atoms with van der Waals surface area (Å²) in [5, 5.41) is 8.46. The first-order chi connectivity index (χ1) is 9.00. The molecule has 1 aromatic carbocycles. The number of nitrogens with zero attached hydrogens (tertiary/aromatic N) is 2. The number of ether oxygens (including phenoxy) is 1. The number of imidazole rings is 1. The van der Waals surface area contributed by atoms with Crippen molar-refractivity contribution in [2.24, 2.45) is 14.1 Å². The molecule has 0 spiro atoms. The molecular formula is C13H16N2O4. The zero-order chi connectivity index (χ0) is 14.0. The van der Waals surface area contributed by atoms with Crippen LogP contribution in [-0.4, -0.2) is 33.4 Å². The monoisotopic (exact) mass is 264 g/mol. The third-order valence-corrected chi connectivity index (χ3v) is 3.10. The molecule has 102 valence electrons. The van der Waals surface area contributed by atoms with Gasteiger partial charge in [0.15, 0.2) is 0 Å². The predicted molar refractivity (Wildman–Crippen MR) is 70.3 cm³/mol. The molecule has 6 nitrogen and oxygen atoms in total. The van der Waals surface area contributed by atoms with E-state index in [0.29, 0.717) is 13.0 Å². The van der Waals surface area contributed by atoms with Gasteiger partial charge in [0.2, 0.25) is 0 Å². The summed E-state index contributed by atoms with van der Waals surface area (Å²) in [7, 11) is 3.47. The van der Waals surface area contributed by atoms with Gasteiger partial charge >= 0.3 is 11.7 Å². The molecular weight excluding hydrogens is 248 g/mol. The molecule has 0 bridgehead atoms. The van der Waals surface area contributed by atoms with Crippen LogP contribution in [0.25, 0.3) is 11.0 Å². The lowest BCUT2D eigenvalue weighted by Crippen LogP contribution is -2.19.